The molecule has 0 fully saturated rings. The molecular weight excluding hydrogens is 392 g/mol. The summed E-state index contributed by atoms with van der Waals surface area (Å²) in [6.45, 7) is 4.68. The predicted molar refractivity (Wildman–Crippen MR) is 113 cm³/mol. The standard InChI is InChI=1S/C20H26N4O4S/c1-3-5-12-22-17-14-24(29(27,28)15-16-10-8-7-9-11-16)21-18(17)19(25)23(20(22)26)13-6-4-2/h7-11,14H,3-6,12-13,15H2,1-2H3. The molecule has 0 bridgehead atoms. The lowest BCUT2D eigenvalue weighted by Crippen LogP contribution is -2.40. The minimum atomic E-state index is -3.83. The van der Waals surface area contributed by atoms with E-state index < -0.39 is 21.3 Å². The second-order valence-electron chi connectivity index (χ2n) is 7.08. The normalized spacial score (nSPS) is 11.9. The number of aromatic nitrogens is 4. The summed E-state index contributed by atoms with van der Waals surface area (Å²) < 4.78 is 29.2. The van der Waals surface area contributed by atoms with E-state index in [4.69, 9.17) is 0 Å². The van der Waals surface area contributed by atoms with Crippen LogP contribution >= 0.6 is 0 Å². The number of nitrogens with zero attached hydrogens (tertiary/aromatic N) is 4. The van der Waals surface area contributed by atoms with Crippen LogP contribution in [-0.4, -0.2) is 26.7 Å². The number of aryl methyl sites for hydroxylation is 1. The molecule has 0 saturated carbocycles. The third-order valence-corrected chi connectivity index (χ3v) is 6.28. The second-order valence-corrected chi connectivity index (χ2v) is 8.90. The molecule has 8 nitrogen and oxygen atoms in total. The Morgan fingerprint density at radius 3 is 2.17 bits per heavy atom. The van der Waals surface area contributed by atoms with Crippen molar-refractivity contribution < 1.29 is 8.42 Å². The maximum Gasteiger partial charge on any atom is 0.331 e. The summed E-state index contributed by atoms with van der Waals surface area (Å²) in [7, 11) is -3.83. The topological polar surface area (TPSA) is 96.0 Å². The van der Waals surface area contributed by atoms with Crippen molar-refractivity contribution in [3.8, 4) is 0 Å². The molecule has 0 aliphatic heterocycles. The van der Waals surface area contributed by atoms with E-state index in [9.17, 15) is 18.0 Å². The maximum atomic E-state index is 12.9. The van der Waals surface area contributed by atoms with Gasteiger partial charge in [-0.1, -0.05) is 57.0 Å². The van der Waals surface area contributed by atoms with Crippen molar-refractivity contribution >= 4 is 21.1 Å². The molecule has 0 aliphatic carbocycles. The van der Waals surface area contributed by atoms with Crippen molar-refractivity contribution in [3.05, 3.63) is 62.9 Å². The molecule has 3 aromatic rings. The Balaban J connectivity index is 2.15. The molecule has 0 unspecified atom stereocenters. The first-order valence-corrected chi connectivity index (χ1v) is 11.5. The second kappa shape index (κ2) is 8.77. The summed E-state index contributed by atoms with van der Waals surface area (Å²) >= 11 is 0. The lowest BCUT2D eigenvalue weighted by molar-refractivity contribution is 0.532. The molecule has 29 heavy (non-hydrogen) atoms. The number of hydrogen-bond donors (Lipinski definition) is 0. The summed E-state index contributed by atoms with van der Waals surface area (Å²) in [4.78, 5) is 25.8. The van der Waals surface area contributed by atoms with Gasteiger partial charge >= 0.3 is 5.69 Å². The van der Waals surface area contributed by atoms with Crippen LogP contribution in [-0.2, 0) is 28.9 Å². The largest absolute Gasteiger partial charge is 0.331 e. The highest BCUT2D eigenvalue weighted by molar-refractivity contribution is 7.89. The first-order chi connectivity index (χ1) is 13.9. The van der Waals surface area contributed by atoms with E-state index in [1.165, 1.54) is 15.3 Å². The quantitative estimate of drug-likeness (QED) is 0.531. The van der Waals surface area contributed by atoms with Crippen LogP contribution in [0.5, 0.6) is 0 Å². The molecule has 0 aliphatic rings. The Labute approximate surface area is 169 Å². The van der Waals surface area contributed by atoms with Crippen molar-refractivity contribution in [2.45, 2.75) is 58.4 Å². The first kappa shape index (κ1) is 21.0. The summed E-state index contributed by atoms with van der Waals surface area (Å²) in [6, 6.07) is 8.77. The van der Waals surface area contributed by atoms with Crippen LogP contribution in [0.1, 0.15) is 45.1 Å². The highest BCUT2D eigenvalue weighted by Crippen LogP contribution is 2.13. The number of fused-ring (bicyclic) bond motifs is 1. The third-order valence-electron chi connectivity index (χ3n) is 4.82. The van der Waals surface area contributed by atoms with Crippen LogP contribution < -0.4 is 11.2 Å². The molecule has 0 radical (unpaired) electrons. The fourth-order valence-electron chi connectivity index (χ4n) is 3.20. The van der Waals surface area contributed by atoms with Gasteiger partial charge < -0.3 is 0 Å². The van der Waals surface area contributed by atoms with E-state index in [2.05, 4.69) is 5.10 Å². The minimum absolute atomic E-state index is 0.00782. The van der Waals surface area contributed by atoms with Gasteiger partial charge in [-0.3, -0.25) is 13.9 Å². The van der Waals surface area contributed by atoms with Crippen molar-refractivity contribution in [2.75, 3.05) is 0 Å². The lowest BCUT2D eigenvalue weighted by atomic mass is 10.2. The van der Waals surface area contributed by atoms with E-state index in [1.54, 1.807) is 24.3 Å². The molecule has 0 amide bonds. The van der Waals surface area contributed by atoms with Crippen LogP contribution in [0, 0.1) is 0 Å². The fourth-order valence-corrected chi connectivity index (χ4v) is 4.41. The molecule has 0 N–H and O–H groups in total. The number of benzene rings is 1. The van der Waals surface area contributed by atoms with Crippen molar-refractivity contribution in [1.29, 1.82) is 0 Å². The van der Waals surface area contributed by atoms with Gasteiger partial charge in [0.15, 0.2) is 5.52 Å². The Bertz CT molecular complexity index is 1210. The molecular formula is C20H26N4O4S. The van der Waals surface area contributed by atoms with Gasteiger partial charge in [-0.25, -0.2) is 13.2 Å². The van der Waals surface area contributed by atoms with Crippen LogP contribution in [0.2, 0.25) is 0 Å². The molecule has 0 spiro atoms. The number of rotatable bonds is 9. The highest BCUT2D eigenvalue weighted by Gasteiger charge is 2.21. The Morgan fingerprint density at radius 1 is 0.931 bits per heavy atom. The van der Waals surface area contributed by atoms with Gasteiger partial charge in [0.1, 0.15) is 0 Å². The zero-order chi connectivity index (χ0) is 21.0. The average Bonchev–Trinajstić information content (AvgIpc) is 3.15. The fraction of sp³-hybridized carbons (Fsp3) is 0.450. The summed E-state index contributed by atoms with van der Waals surface area (Å²) in [5, 5.41) is 4.09. The van der Waals surface area contributed by atoms with Gasteiger partial charge in [0.25, 0.3) is 15.6 Å². The molecule has 0 saturated heterocycles. The third kappa shape index (κ3) is 4.34. The zero-order valence-corrected chi connectivity index (χ0v) is 17.6. The first-order valence-electron chi connectivity index (χ1n) is 9.89. The zero-order valence-electron chi connectivity index (χ0n) is 16.7. The van der Waals surface area contributed by atoms with Gasteiger partial charge in [-0.2, -0.15) is 9.19 Å². The van der Waals surface area contributed by atoms with E-state index in [1.807, 2.05) is 19.9 Å². The van der Waals surface area contributed by atoms with Gasteiger partial charge in [-0.15, -0.1) is 0 Å². The van der Waals surface area contributed by atoms with Gasteiger partial charge in [0.05, 0.1) is 17.5 Å². The molecule has 2 aromatic heterocycles. The SMILES string of the molecule is CCCCn1c(=O)c2nn(S(=O)(=O)Cc3ccccc3)cc2n(CCCC)c1=O. The number of hydrogen-bond acceptors (Lipinski definition) is 5. The Kier molecular flexibility index (Phi) is 6.36. The maximum absolute atomic E-state index is 12.9. The monoisotopic (exact) mass is 418 g/mol. The minimum Gasteiger partial charge on any atom is -0.290 e. The molecule has 2 heterocycles. The van der Waals surface area contributed by atoms with Gasteiger partial charge in [0.2, 0.25) is 0 Å². The Hall–Kier alpha value is -2.68. The summed E-state index contributed by atoms with van der Waals surface area (Å²) in [6.07, 6.45) is 4.40. The van der Waals surface area contributed by atoms with Crippen LogP contribution in [0.25, 0.3) is 11.0 Å². The molecule has 9 heteroatoms. The molecule has 0 atom stereocenters. The van der Waals surface area contributed by atoms with Crippen molar-refractivity contribution in [2.24, 2.45) is 0 Å². The summed E-state index contributed by atoms with van der Waals surface area (Å²) in [5.74, 6) is -0.245. The van der Waals surface area contributed by atoms with Gasteiger partial charge in [0, 0.05) is 13.1 Å². The van der Waals surface area contributed by atoms with E-state index in [0.717, 1.165) is 23.3 Å². The van der Waals surface area contributed by atoms with E-state index in [0.29, 0.717) is 25.1 Å². The Morgan fingerprint density at radius 2 is 1.55 bits per heavy atom. The average molecular weight is 419 g/mol. The predicted octanol–water partition coefficient (Wildman–Crippen LogP) is 2.34. The molecule has 156 valence electrons. The van der Waals surface area contributed by atoms with Gasteiger partial charge in [-0.05, 0) is 18.4 Å². The molecule has 1 aromatic carbocycles. The lowest BCUT2D eigenvalue weighted by Gasteiger charge is -2.10. The van der Waals surface area contributed by atoms with Crippen molar-refractivity contribution in [1.82, 2.24) is 18.3 Å². The molecule has 3 rings (SSSR count). The summed E-state index contributed by atoms with van der Waals surface area (Å²) in [5.41, 5.74) is -0.0636. The van der Waals surface area contributed by atoms with E-state index in [-0.39, 0.29) is 16.8 Å². The van der Waals surface area contributed by atoms with Crippen LogP contribution in [0.3, 0.4) is 0 Å². The van der Waals surface area contributed by atoms with Crippen molar-refractivity contribution in [3.63, 3.8) is 0 Å². The smallest absolute Gasteiger partial charge is 0.290 e. The van der Waals surface area contributed by atoms with Crippen LogP contribution in [0.4, 0.5) is 0 Å². The van der Waals surface area contributed by atoms with Crippen LogP contribution in [0.15, 0.2) is 46.1 Å². The highest BCUT2D eigenvalue weighted by atomic mass is 32.2. The van der Waals surface area contributed by atoms with E-state index >= 15 is 0 Å². The number of unbranched alkanes of at least 4 members (excludes halogenated alkanes) is 2.